The molecule has 0 atom stereocenters. The minimum atomic E-state index is 0.725. The highest BCUT2D eigenvalue weighted by atomic mass is 16.5. The minimum Gasteiger partial charge on any atom is -0.379 e. The van der Waals surface area contributed by atoms with Gasteiger partial charge in [-0.15, -0.1) is 0 Å². The number of nitrogens with one attached hydrogen (secondary N) is 1. The lowest BCUT2D eigenvalue weighted by molar-refractivity contribution is 0.0398. The Morgan fingerprint density at radius 3 is 2.54 bits per heavy atom. The molecule has 2 aliphatic rings. The maximum atomic E-state index is 5.43. The van der Waals surface area contributed by atoms with E-state index in [1.807, 2.05) is 6.07 Å². The number of morpholine rings is 1. The van der Waals surface area contributed by atoms with E-state index in [1.165, 1.54) is 12.8 Å². The van der Waals surface area contributed by atoms with Crippen molar-refractivity contribution >= 4 is 11.8 Å². The number of anilines is 2. The zero-order valence-corrected chi connectivity index (χ0v) is 16.8. The predicted octanol–water partition coefficient (Wildman–Crippen LogP) is 3.12. The number of hydrogen-bond acceptors (Lipinski definition) is 6. The highest BCUT2D eigenvalue weighted by Crippen LogP contribution is 2.26. The zero-order valence-electron chi connectivity index (χ0n) is 16.8. The molecule has 1 aromatic carbocycles. The van der Waals surface area contributed by atoms with Gasteiger partial charge in [0.1, 0.15) is 5.82 Å². The van der Waals surface area contributed by atoms with E-state index in [9.17, 15) is 0 Å². The summed E-state index contributed by atoms with van der Waals surface area (Å²) >= 11 is 0. The van der Waals surface area contributed by atoms with Crippen LogP contribution < -0.4 is 10.2 Å². The number of hydrogen-bond donors (Lipinski definition) is 1. The molecule has 0 unspecified atom stereocenters. The van der Waals surface area contributed by atoms with Crippen molar-refractivity contribution in [3.63, 3.8) is 0 Å². The highest BCUT2D eigenvalue weighted by Gasteiger charge is 2.19. The predicted molar refractivity (Wildman–Crippen MR) is 114 cm³/mol. The van der Waals surface area contributed by atoms with Crippen LogP contribution in [0.3, 0.4) is 0 Å². The number of benzene rings is 1. The number of piperidine rings is 1. The Balaban J connectivity index is 1.50. The molecule has 4 rings (SSSR count). The monoisotopic (exact) mass is 381 g/mol. The van der Waals surface area contributed by atoms with Crippen LogP contribution in [0.15, 0.2) is 36.4 Å². The van der Waals surface area contributed by atoms with Crippen LogP contribution in [0.5, 0.6) is 0 Å². The summed E-state index contributed by atoms with van der Waals surface area (Å²) in [5.74, 6) is 2.57. The lowest BCUT2D eigenvalue weighted by Gasteiger charge is -2.31. The van der Waals surface area contributed by atoms with E-state index in [1.54, 1.807) is 0 Å². The van der Waals surface area contributed by atoms with E-state index in [-0.39, 0.29) is 0 Å². The summed E-state index contributed by atoms with van der Waals surface area (Å²) in [6, 6.07) is 12.5. The molecule has 28 heavy (non-hydrogen) atoms. The second-order valence-electron chi connectivity index (χ2n) is 7.85. The fourth-order valence-electron chi connectivity index (χ4n) is 3.82. The van der Waals surface area contributed by atoms with E-state index in [4.69, 9.17) is 14.7 Å². The van der Waals surface area contributed by atoms with Crippen molar-refractivity contribution in [2.75, 3.05) is 62.7 Å². The third-order valence-electron chi connectivity index (χ3n) is 5.70. The van der Waals surface area contributed by atoms with Gasteiger partial charge in [0.25, 0.3) is 0 Å². The molecule has 150 valence electrons. The molecule has 0 amide bonds. The molecule has 6 nitrogen and oxygen atoms in total. The van der Waals surface area contributed by atoms with Crippen molar-refractivity contribution in [2.45, 2.75) is 19.8 Å². The molecule has 0 aliphatic carbocycles. The van der Waals surface area contributed by atoms with Crippen LogP contribution in [0, 0.1) is 5.92 Å². The van der Waals surface area contributed by atoms with Crippen LogP contribution in [0.25, 0.3) is 11.3 Å². The molecular formula is C22H31N5O. The van der Waals surface area contributed by atoms with Crippen molar-refractivity contribution in [2.24, 2.45) is 5.92 Å². The van der Waals surface area contributed by atoms with Crippen LogP contribution in [-0.2, 0) is 4.74 Å². The molecule has 6 heteroatoms. The summed E-state index contributed by atoms with van der Waals surface area (Å²) in [5.41, 5.74) is 2.12. The Kier molecular flexibility index (Phi) is 6.39. The van der Waals surface area contributed by atoms with Gasteiger partial charge in [-0.25, -0.2) is 4.98 Å². The van der Waals surface area contributed by atoms with Gasteiger partial charge in [0.05, 0.1) is 18.9 Å². The Morgan fingerprint density at radius 1 is 1.04 bits per heavy atom. The van der Waals surface area contributed by atoms with Crippen molar-refractivity contribution in [1.29, 1.82) is 0 Å². The SMILES string of the molecule is CC1CCN(c2cc(-c3ccccc3)nc(NCCN3CCOCC3)n2)CC1. The van der Waals surface area contributed by atoms with Crippen LogP contribution >= 0.6 is 0 Å². The van der Waals surface area contributed by atoms with Gasteiger partial charge in [0, 0.05) is 50.9 Å². The quantitative estimate of drug-likeness (QED) is 0.830. The van der Waals surface area contributed by atoms with E-state index < -0.39 is 0 Å². The maximum absolute atomic E-state index is 5.43. The van der Waals surface area contributed by atoms with E-state index in [0.29, 0.717) is 0 Å². The van der Waals surface area contributed by atoms with Gasteiger partial charge in [-0.3, -0.25) is 4.90 Å². The van der Waals surface area contributed by atoms with Crippen molar-refractivity contribution < 1.29 is 4.74 Å². The summed E-state index contributed by atoms with van der Waals surface area (Å²) in [7, 11) is 0. The topological polar surface area (TPSA) is 53.5 Å². The third kappa shape index (κ3) is 5.00. The molecule has 0 saturated carbocycles. The first-order chi connectivity index (χ1) is 13.8. The lowest BCUT2D eigenvalue weighted by atomic mass is 9.99. The largest absolute Gasteiger partial charge is 0.379 e. The normalized spacial score (nSPS) is 19.0. The first-order valence-electron chi connectivity index (χ1n) is 10.5. The summed E-state index contributed by atoms with van der Waals surface area (Å²) in [4.78, 5) is 14.5. The molecule has 0 spiro atoms. The van der Waals surface area contributed by atoms with E-state index >= 15 is 0 Å². The summed E-state index contributed by atoms with van der Waals surface area (Å²) in [5, 5.41) is 3.46. The lowest BCUT2D eigenvalue weighted by Crippen LogP contribution is -2.39. The molecule has 0 radical (unpaired) electrons. The molecule has 2 aliphatic heterocycles. The second-order valence-corrected chi connectivity index (χ2v) is 7.85. The van der Waals surface area contributed by atoms with Crippen molar-refractivity contribution in [3.05, 3.63) is 36.4 Å². The van der Waals surface area contributed by atoms with Gasteiger partial charge in [0.15, 0.2) is 0 Å². The Hall–Kier alpha value is -2.18. The number of nitrogens with zero attached hydrogens (tertiary/aromatic N) is 4. The molecule has 2 aromatic rings. The van der Waals surface area contributed by atoms with E-state index in [0.717, 1.165) is 81.4 Å². The van der Waals surface area contributed by atoms with Gasteiger partial charge in [0.2, 0.25) is 5.95 Å². The number of ether oxygens (including phenoxy) is 1. The summed E-state index contributed by atoms with van der Waals surface area (Å²) in [6.07, 6.45) is 2.45. The van der Waals surface area contributed by atoms with E-state index in [2.05, 4.69) is 52.4 Å². The number of aromatic nitrogens is 2. The highest BCUT2D eigenvalue weighted by molar-refractivity contribution is 5.64. The maximum Gasteiger partial charge on any atom is 0.225 e. The zero-order chi connectivity index (χ0) is 19.2. The average molecular weight is 382 g/mol. The first kappa shape index (κ1) is 19.2. The Morgan fingerprint density at radius 2 is 1.79 bits per heavy atom. The van der Waals surface area contributed by atoms with Crippen LogP contribution in [0.4, 0.5) is 11.8 Å². The molecule has 2 fully saturated rings. The molecule has 0 bridgehead atoms. The molecule has 3 heterocycles. The van der Waals surface area contributed by atoms with Crippen LogP contribution in [0.1, 0.15) is 19.8 Å². The smallest absolute Gasteiger partial charge is 0.225 e. The van der Waals surface area contributed by atoms with Crippen molar-refractivity contribution in [3.8, 4) is 11.3 Å². The van der Waals surface area contributed by atoms with Gasteiger partial charge < -0.3 is 15.0 Å². The van der Waals surface area contributed by atoms with Gasteiger partial charge in [-0.1, -0.05) is 37.3 Å². The fraction of sp³-hybridized carbons (Fsp3) is 0.545. The molecule has 1 N–H and O–H groups in total. The standard InChI is InChI=1S/C22H31N5O/c1-18-7-10-27(11-8-18)21-17-20(19-5-3-2-4-6-19)24-22(25-21)23-9-12-26-13-15-28-16-14-26/h2-6,17-18H,7-16H2,1H3,(H,23,24,25). The molecule has 2 saturated heterocycles. The van der Waals surface area contributed by atoms with Crippen LogP contribution in [0.2, 0.25) is 0 Å². The van der Waals surface area contributed by atoms with Gasteiger partial charge >= 0.3 is 0 Å². The summed E-state index contributed by atoms with van der Waals surface area (Å²) in [6.45, 7) is 9.97. The Bertz CT molecular complexity index is 740. The minimum absolute atomic E-state index is 0.725. The molecular weight excluding hydrogens is 350 g/mol. The fourth-order valence-corrected chi connectivity index (χ4v) is 3.82. The Labute approximate surface area is 167 Å². The van der Waals surface area contributed by atoms with Crippen molar-refractivity contribution in [1.82, 2.24) is 14.9 Å². The number of rotatable bonds is 6. The van der Waals surface area contributed by atoms with Gasteiger partial charge in [-0.05, 0) is 18.8 Å². The second kappa shape index (κ2) is 9.34. The van der Waals surface area contributed by atoms with Gasteiger partial charge in [-0.2, -0.15) is 4.98 Å². The van der Waals surface area contributed by atoms with Crippen LogP contribution in [-0.4, -0.2) is 67.4 Å². The molecule has 1 aromatic heterocycles. The third-order valence-corrected chi connectivity index (χ3v) is 5.70. The average Bonchev–Trinajstić information content (AvgIpc) is 2.75. The summed E-state index contributed by atoms with van der Waals surface area (Å²) < 4.78 is 5.43. The first-order valence-corrected chi connectivity index (χ1v) is 10.5.